The van der Waals surface area contributed by atoms with E-state index in [9.17, 15) is 22.4 Å². The van der Waals surface area contributed by atoms with Crippen LogP contribution in [0.3, 0.4) is 0 Å². The normalized spacial score (nSPS) is 11.1. The lowest BCUT2D eigenvalue weighted by Crippen LogP contribution is -2.15. The number of aromatic nitrogens is 1. The topological polar surface area (TPSA) is 114 Å². The molecule has 0 spiro atoms. The van der Waals surface area contributed by atoms with Crippen LogP contribution in [0.4, 0.5) is 15.2 Å². The van der Waals surface area contributed by atoms with Crippen LogP contribution in [0.2, 0.25) is 0 Å². The van der Waals surface area contributed by atoms with Crippen molar-refractivity contribution in [1.82, 2.24) is 4.98 Å². The molecule has 0 aliphatic heterocycles. The fraction of sp³-hybridized carbons (Fsp3) is 0.0800. The minimum Gasteiger partial charge on any atom is -0.462 e. The summed E-state index contributed by atoms with van der Waals surface area (Å²) in [6.07, 6.45) is 0. The molecule has 4 rings (SSSR count). The second kappa shape index (κ2) is 10.7. The Labute approximate surface area is 210 Å². The number of hydrogen-bond acceptors (Lipinski definition) is 7. The predicted octanol–water partition coefficient (Wildman–Crippen LogP) is 5.18. The Bertz CT molecular complexity index is 1500. The fourth-order valence-corrected chi connectivity index (χ4v) is 5.15. The highest BCUT2D eigenvalue weighted by atomic mass is 32.2. The van der Waals surface area contributed by atoms with Crippen molar-refractivity contribution in [2.75, 3.05) is 16.6 Å². The lowest BCUT2D eigenvalue weighted by molar-refractivity contribution is 0.0532. The lowest BCUT2D eigenvalue weighted by Gasteiger charge is -2.09. The third-order valence-corrected chi connectivity index (χ3v) is 7.20. The molecule has 0 radical (unpaired) electrons. The number of amides is 1. The van der Waals surface area contributed by atoms with Crippen LogP contribution in [0, 0.1) is 5.82 Å². The first-order valence-electron chi connectivity index (χ1n) is 10.7. The summed E-state index contributed by atoms with van der Waals surface area (Å²) in [4.78, 5) is 29.9. The summed E-state index contributed by atoms with van der Waals surface area (Å²) < 4.78 is 45.8. The minimum absolute atomic E-state index is 0.124. The Morgan fingerprint density at radius 3 is 2.42 bits per heavy atom. The number of ether oxygens (including phenoxy) is 1. The monoisotopic (exact) mass is 525 g/mol. The van der Waals surface area contributed by atoms with E-state index in [2.05, 4.69) is 15.0 Å². The van der Waals surface area contributed by atoms with Crippen LogP contribution >= 0.6 is 11.3 Å². The van der Waals surface area contributed by atoms with Gasteiger partial charge in [0.25, 0.3) is 15.9 Å². The summed E-state index contributed by atoms with van der Waals surface area (Å²) in [7, 11) is -3.99. The summed E-state index contributed by atoms with van der Waals surface area (Å²) >= 11 is 0.978. The number of benzene rings is 3. The quantitative estimate of drug-likeness (QED) is 0.307. The van der Waals surface area contributed by atoms with Gasteiger partial charge in [0.15, 0.2) is 5.13 Å². The number of nitrogens with zero attached hydrogens (tertiary/aromatic N) is 1. The van der Waals surface area contributed by atoms with Crippen molar-refractivity contribution >= 4 is 44.1 Å². The Morgan fingerprint density at radius 2 is 1.72 bits per heavy atom. The molecule has 11 heteroatoms. The van der Waals surface area contributed by atoms with Gasteiger partial charge in [-0.15, -0.1) is 0 Å². The molecule has 0 atom stereocenters. The van der Waals surface area contributed by atoms with Gasteiger partial charge in [-0.05, 0) is 49.4 Å². The molecule has 0 bridgehead atoms. The Balaban J connectivity index is 1.56. The van der Waals surface area contributed by atoms with Gasteiger partial charge in [-0.2, -0.15) is 0 Å². The Morgan fingerprint density at radius 1 is 1.00 bits per heavy atom. The van der Waals surface area contributed by atoms with Gasteiger partial charge in [-0.3, -0.25) is 14.8 Å². The molecule has 3 aromatic carbocycles. The first-order chi connectivity index (χ1) is 17.3. The molecule has 4 aromatic rings. The van der Waals surface area contributed by atoms with Crippen molar-refractivity contribution in [3.8, 4) is 11.3 Å². The maximum atomic E-state index is 13.1. The third-order valence-electron chi connectivity index (χ3n) is 4.86. The van der Waals surface area contributed by atoms with Gasteiger partial charge in [0.2, 0.25) is 0 Å². The second-order valence-electron chi connectivity index (χ2n) is 7.38. The number of hydrogen-bond donors (Lipinski definition) is 2. The molecule has 0 saturated carbocycles. The van der Waals surface area contributed by atoms with Crippen LogP contribution in [0.25, 0.3) is 11.3 Å². The van der Waals surface area contributed by atoms with Gasteiger partial charge < -0.3 is 4.74 Å². The summed E-state index contributed by atoms with van der Waals surface area (Å²) in [5, 5.41) is 2.84. The van der Waals surface area contributed by atoms with Gasteiger partial charge in [0, 0.05) is 16.8 Å². The lowest BCUT2D eigenvalue weighted by atomic mass is 10.1. The van der Waals surface area contributed by atoms with Crippen LogP contribution in [0.15, 0.2) is 83.8 Å². The van der Waals surface area contributed by atoms with Crippen LogP contribution in [-0.2, 0) is 14.8 Å². The molecule has 8 nitrogen and oxygen atoms in total. The third kappa shape index (κ3) is 5.75. The minimum atomic E-state index is -3.99. The molecule has 184 valence electrons. The average molecular weight is 526 g/mol. The van der Waals surface area contributed by atoms with Gasteiger partial charge in [-0.25, -0.2) is 22.6 Å². The van der Waals surface area contributed by atoms with Gasteiger partial charge in [0.05, 0.1) is 17.2 Å². The maximum absolute atomic E-state index is 13.1. The van der Waals surface area contributed by atoms with Crippen LogP contribution in [-0.4, -0.2) is 31.9 Å². The van der Waals surface area contributed by atoms with Crippen molar-refractivity contribution in [3.63, 3.8) is 0 Å². The molecule has 36 heavy (non-hydrogen) atoms. The van der Waals surface area contributed by atoms with Crippen molar-refractivity contribution in [2.24, 2.45) is 0 Å². The van der Waals surface area contributed by atoms with Gasteiger partial charge >= 0.3 is 5.97 Å². The van der Waals surface area contributed by atoms with Crippen molar-refractivity contribution in [3.05, 3.63) is 95.1 Å². The SMILES string of the molecule is CCOC(=O)c1sc(NC(=O)c2cccc(NS(=O)(=O)c3ccc(F)cc3)c2)nc1-c1ccccc1. The molecule has 0 unspecified atom stereocenters. The first kappa shape index (κ1) is 25.0. The molecule has 1 heterocycles. The van der Waals surface area contributed by atoms with E-state index in [1.165, 1.54) is 24.3 Å². The Kier molecular flexibility index (Phi) is 7.41. The van der Waals surface area contributed by atoms with E-state index < -0.39 is 27.7 Å². The summed E-state index contributed by atoms with van der Waals surface area (Å²) in [6.45, 7) is 1.88. The molecular weight excluding hydrogens is 505 g/mol. The van der Waals surface area contributed by atoms with E-state index in [4.69, 9.17) is 4.74 Å². The average Bonchev–Trinajstić information content (AvgIpc) is 3.29. The van der Waals surface area contributed by atoms with Crippen molar-refractivity contribution in [2.45, 2.75) is 11.8 Å². The zero-order chi connectivity index (χ0) is 25.7. The fourth-order valence-electron chi connectivity index (χ4n) is 3.22. The van der Waals surface area contributed by atoms with Gasteiger partial charge in [-0.1, -0.05) is 47.7 Å². The van der Waals surface area contributed by atoms with Crippen LogP contribution in [0.5, 0.6) is 0 Å². The van der Waals surface area contributed by atoms with E-state index in [0.717, 1.165) is 35.6 Å². The number of anilines is 2. The van der Waals surface area contributed by atoms with E-state index in [1.54, 1.807) is 31.2 Å². The smallest absolute Gasteiger partial charge is 0.350 e. The highest BCUT2D eigenvalue weighted by Crippen LogP contribution is 2.32. The number of halogens is 1. The highest BCUT2D eigenvalue weighted by molar-refractivity contribution is 7.92. The number of nitrogens with one attached hydrogen (secondary N) is 2. The number of carbonyl (C=O) groups is 2. The van der Waals surface area contributed by atoms with Crippen LogP contribution in [0.1, 0.15) is 27.0 Å². The highest BCUT2D eigenvalue weighted by Gasteiger charge is 2.22. The molecule has 0 aliphatic rings. The number of rotatable bonds is 8. The van der Waals surface area contributed by atoms with Gasteiger partial charge in [0.1, 0.15) is 10.7 Å². The Hall–Kier alpha value is -4.09. The molecule has 1 amide bonds. The number of thiazole rings is 1. The number of carbonyl (C=O) groups excluding carboxylic acids is 2. The predicted molar refractivity (Wildman–Crippen MR) is 135 cm³/mol. The molecular formula is C25H20FN3O5S2. The summed E-state index contributed by atoms with van der Waals surface area (Å²) in [5.74, 6) is -1.66. The molecule has 0 aliphatic carbocycles. The number of sulfonamides is 1. The molecule has 0 fully saturated rings. The standard InChI is InChI=1S/C25H20FN3O5S2/c1-2-34-24(31)22-21(16-7-4-3-5-8-16)27-25(35-22)28-23(30)17-9-6-10-19(15-17)29-36(32,33)20-13-11-18(26)12-14-20/h3-15,29H,2H2,1H3,(H,27,28,30). The summed E-state index contributed by atoms with van der Waals surface area (Å²) in [5.41, 5.74) is 1.37. The van der Waals surface area contributed by atoms with Crippen LogP contribution < -0.4 is 10.0 Å². The van der Waals surface area contributed by atoms with Crippen molar-refractivity contribution < 1.29 is 27.1 Å². The van der Waals surface area contributed by atoms with E-state index in [-0.39, 0.29) is 32.8 Å². The van der Waals surface area contributed by atoms with E-state index in [1.807, 2.05) is 6.07 Å². The van der Waals surface area contributed by atoms with E-state index >= 15 is 0 Å². The van der Waals surface area contributed by atoms with E-state index in [0.29, 0.717) is 11.3 Å². The summed E-state index contributed by atoms with van der Waals surface area (Å²) in [6, 6.07) is 19.2. The molecule has 1 aromatic heterocycles. The zero-order valence-corrected chi connectivity index (χ0v) is 20.5. The number of esters is 1. The zero-order valence-electron chi connectivity index (χ0n) is 18.9. The molecule has 2 N–H and O–H groups in total. The largest absolute Gasteiger partial charge is 0.462 e. The maximum Gasteiger partial charge on any atom is 0.350 e. The molecule has 0 saturated heterocycles. The first-order valence-corrected chi connectivity index (χ1v) is 13.0. The van der Waals surface area contributed by atoms with Crippen molar-refractivity contribution in [1.29, 1.82) is 0 Å². The second-order valence-corrected chi connectivity index (χ2v) is 10.1.